The second kappa shape index (κ2) is 10.6. The molecule has 0 saturated carbocycles. The monoisotopic (exact) mass is 548 g/mol. The summed E-state index contributed by atoms with van der Waals surface area (Å²) in [5.74, 6) is -0.599. The van der Waals surface area contributed by atoms with Crippen molar-refractivity contribution >= 4 is 32.8 Å². The van der Waals surface area contributed by atoms with Crippen molar-refractivity contribution in [2.75, 3.05) is 6.79 Å². The average molecular weight is 549 g/mol. The largest absolute Gasteiger partial charge is 0.478 e. The molecule has 39 heavy (non-hydrogen) atoms. The molecule has 0 aliphatic carbocycles. The standard InChI is InChI=1S/C28H24N2O8S/c1-2-5-18-14-20(28(32)33)10-11-21(18)38-26-19(9-12-22-27(26)37-16-36-22)15-24(31)30-39(34,35)23-8-3-6-17-7-4-13-29-25(17)23/h3-4,6-14H,2,5,15-16H2,1H3,(H,30,31)(H,32,33). The van der Waals surface area contributed by atoms with E-state index in [-0.39, 0.29) is 40.7 Å². The number of aromatic carboxylic acids is 1. The lowest BCUT2D eigenvalue weighted by Crippen LogP contribution is -2.32. The molecule has 1 aliphatic rings. The fraction of sp³-hybridized carbons (Fsp3) is 0.179. The van der Waals surface area contributed by atoms with Gasteiger partial charge in [-0.05, 0) is 48.4 Å². The first kappa shape index (κ1) is 26.0. The number of pyridine rings is 1. The zero-order valence-corrected chi connectivity index (χ0v) is 21.7. The fourth-order valence-corrected chi connectivity index (χ4v) is 5.50. The highest BCUT2D eigenvalue weighted by Crippen LogP contribution is 2.46. The number of amides is 1. The average Bonchev–Trinajstić information content (AvgIpc) is 3.39. The Hall–Kier alpha value is -4.64. The zero-order chi connectivity index (χ0) is 27.6. The Kier molecular flexibility index (Phi) is 7.07. The molecule has 5 rings (SSSR count). The number of para-hydroxylation sites is 1. The molecule has 2 heterocycles. The molecular formula is C28H24N2O8S. The maximum absolute atomic E-state index is 13.1. The summed E-state index contributed by atoms with van der Waals surface area (Å²) in [6.07, 6.45) is 2.42. The first-order valence-electron chi connectivity index (χ1n) is 12.1. The van der Waals surface area contributed by atoms with Gasteiger partial charge >= 0.3 is 5.97 Å². The van der Waals surface area contributed by atoms with E-state index in [4.69, 9.17) is 14.2 Å². The molecule has 3 aromatic carbocycles. The van der Waals surface area contributed by atoms with Gasteiger partial charge in [-0.1, -0.05) is 37.6 Å². The number of aromatic nitrogens is 1. The van der Waals surface area contributed by atoms with E-state index in [2.05, 4.69) is 9.71 Å². The normalized spacial score (nSPS) is 12.3. The van der Waals surface area contributed by atoms with Crippen LogP contribution in [0.1, 0.15) is 34.8 Å². The summed E-state index contributed by atoms with van der Waals surface area (Å²) in [5, 5.41) is 10.0. The number of carbonyl (C=O) groups excluding carboxylic acids is 1. The minimum absolute atomic E-state index is 0.0520. The maximum Gasteiger partial charge on any atom is 0.335 e. The highest BCUT2D eigenvalue weighted by molar-refractivity contribution is 7.90. The summed E-state index contributed by atoms with van der Waals surface area (Å²) in [7, 11) is -4.23. The number of rotatable bonds is 9. The van der Waals surface area contributed by atoms with Crippen molar-refractivity contribution in [2.24, 2.45) is 0 Å². The van der Waals surface area contributed by atoms with Crippen molar-refractivity contribution in [2.45, 2.75) is 31.1 Å². The Bertz CT molecular complexity index is 1700. The lowest BCUT2D eigenvalue weighted by Gasteiger charge is -2.16. The number of carboxylic acid groups (broad SMARTS) is 1. The van der Waals surface area contributed by atoms with Gasteiger partial charge in [0.2, 0.25) is 18.4 Å². The van der Waals surface area contributed by atoms with Crippen LogP contribution in [0.5, 0.6) is 23.0 Å². The summed E-state index contributed by atoms with van der Waals surface area (Å²) in [5.41, 5.74) is 1.39. The number of hydrogen-bond donors (Lipinski definition) is 2. The van der Waals surface area contributed by atoms with Gasteiger partial charge in [0.25, 0.3) is 10.0 Å². The molecule has 0 unspecified atom stereocenters. The molecule has 200 valence electrons. The van der Waals surface area contributed by atoms with Gasteiger partial charge in [-0.25, -0.2) is 17.9 Å². The summed E-state index contributed by atoms with van der Waals surface area (Å²) < 4.78 is 45.6. The van der Waals surface area contributed by atoms with Gasteiger partial charge in [0.05, 0.1) is 17.5 Å². The molecule has 1 aliphatic heterocycles. The molecule has 0 bridgehead atoms. The van der Waals surface area contributed by atoms with E-state index >= 15 is 0 Å². The minimum Gasteiger partial charge on any atom is -0.478 e. The van der Waals surface area contributed by atoms with Crippen LogP contribution in [-0.2, 0) is 27.7 Å². The van der Waals surface area contributed by atoms with E-state index in [1.54, 1.807) is 48.5 Å². The Morgan fingerprint density at radius 3 is 2.67 bits per heavy atom. The molecule has 0 atom stereocenters. The third-order valence-electron chi connectivity index (χ3n) is 6.10. The quantitative estimate of drug-likeness (QED) is 0.310. The van der Waals surface area contributed by atoms with Gasteiger partial charge < -0.3 is 19.3 Å². The highest BCUT2D eigenvalue weighted by atomic mass is 32.2. The van der Waals surface area contributed by atoms with Crippen LogP contribution < -0.4 is 18.9 Å². The lowest BCUT2D eigenvalue weighted by atomic mass is 10.0. The molecule has 4 aromatic rings. The molecule has 1 aromatic heterocycles. The third-order valence-corrected chi connectivity index (χ3v) is 7.50. The van der Waals surface area contributed by atoms with Gasteiger partial charge in [-0.15, -0.1) is 0 Å². The second-order valence-electron chi connectivity index (χ2n) is 8.80. The van der Waals surface area contributed by atoms with Crippen molar-refractivity contribution in [1.82, 2.24) is 9.71 Å². The van der Waals surface area contributed by atoms with E-state index in [0.717, 1.165) is 6.42 Å². The number of ether oxygens (including phenoxy) is 3. The molecule has 1 amide bonds. The van der Waals surface area contributed by atoms with Gasteiger partial charge in [0.1, 0.15) is 10.6 Å². The number of nitrogens with one attached hydrogen (secondary N) is 1. The third kappa shape index (κ3) is 5.34. The lowest BCUT2D eigenvalue weighted by molar-refractivity contribution is -0.118. The van der Waals surface area contributed by atoms with E-state index in [1.807, 2.05) is 6.92 Å². The molecule has 0 saturated heterocycles. The molecule has 2 N–H and O–H groups in total. The van der Waals surface area contributed by atoms with Crippen LogP contribution >= 0.6 is 0 Å². The molecule has 11 heteroatoms. The van der Waals surface area contributed by atoms with E-state index < -0.39 is 21.9 Å². The SMILES string of the molecule is CCCc1cc(C(=O)O)ccc1Oc1c(CC(=O)NS(=O)(=O)c2cccc3cccnc23)ccc2c1OCO2. The van der Waals surface area contributed by atoms with Crippen molar-refractivity contribution < 1.29 is 37.3 Å². The van der Waals surface area contributed by atoms with Crippen LogP contribution in [0.4, 0.5) is 0 Å². The van der Waals surface area contributed by atoms with Crippen molar-refractivity contribution in [3.63, 3.8) is 0 Å². The Balaban J connectivity index is 1.45. The predicted molar refractivity (Wildman–Crippen MR) is 141 cm³/mol. The zero-order valence-electron chi connectivity index (χ0n) is 20.8. The van der Waals surface area contributed by atoms with Crippen molar-refractivity contribution in [3.05, 3.63) is 83.6 Å². The number of hydrogen-bond acceptors (Lipinski definition) is 8. The number of benzene rings is 3. The van der Waals surface area contributed by atoms with Crippen LogP contribution in [-0.4, -0.2) is 37.2 Å². The Labute approximate surface area is 224 Å². The summed E-state index contributed by atoms with van der Waals surface area (Å²) in [6, 6.07) is 15.8. The van der Waals surface area contributed by atoms with Crippen LogP contribution in [0.15, 0.2) is 71.8 Å². The summed E-state index contributed by atoms with van der Waals surface area (Å²) >= 11 is 0. The molecule has 0 radical (unpaired) electrons. The number of sulfonamides is 1. The number of carbonyl (C=O) groups is 2. The topological polar surface area (TPSA) is 141 Å². The highest BCUT2D eigenvalue weighted by Gasteiger charge is 2.27. The predicted octanol–water partition coefficient (Wildman–Crippen LogP) is 4.45. The number of aryl methyl sites for hydroxylation is 1. The van der Waals surface area contributed by atoms with E-state index in [1.165, 1.54) is 18.3 Å². The molecule has 10 nitrogen and oxygen atoms in total. The molecule has 0 fully saturated rings. The fourth-order valence-electron chi connectivity index (χ4n) is 4.33. The summed E-state index contributed by atoms with van der Waals surface area (Å²) in [4.78, 5) is 28.5. The van der Waals surface area contributed by atoms with Crippen LogP contribution in [0.2, 0.25) is 0 Å². The minimum atomic E-state index is -4.23. The smallest absolute Gasteiger partial charge is 0.335 e. The van der Waals surface area contributed by atoms with Gasteiger partial charge in [0.15, 0.2) is 11.5 Å². The first-order chi connectivity index (χ1) is 18.8. The van der Waals surface area contributed by atoms with Crippen molar-refractivity contribution in [1.29, 1.82) is 0 Å². The van der Waals surface area contributed by atoms with E-state index in [0.29, 0.717) is 34.4 Å². The van der Waals surface area contributed by atoms with Gasteiger partial charge in [-0.2, -0.15) is 0 Å². The maximum atomic E-state index is 13.1. The number of nitrogens with zero attached hydrogens (tertiary/aromatic N) is 1. The summed E-state index contributed by atoms with van der Waals surface area (Å²) in [6.45, 7) is 1.90. The number of carboxylic acids is 1. The Morgan fingerprint density at radius 1 is 1.05 bits per heavy atom. The van der Waals surface area contributed by atoms with Gasteiger partial charge in [-0.3, -0.25) is 9.78 Å². The number of fused-ring (bicyclic) bond motifs is 2. The second-order valence-corrected chi connectivity index (χ2v) is 10.5. The van der Waals surface area contributed by atoms with E-state index in [9.17, 15) is 23.1 Å². The van der Waals surface area contributed by atoms with Gasteiger partial charge in [0, 0.05) is 17.1 Å². The molecule has 0 spiro atoms. The van der Waals surface area contributed by atoms with Crippen molar-refractivity contribution in [3.8, 4) is 23.0 Å². The molecular weight excluding hydrogens is 524 g/mol. The first-order valence-corrected chi connectivity index (χ1v) is 13.6. The van der Waals surface area contributed by atoms with Crippen LogP contribution in [0.25, 0.3) is 10.9 Å². The van der Waals surface area contributed by atoms with Crippen LogP contribution in [0, 0.1) is 0 Å². The Morgan fingerprint density at radius 2 is 1.87 bits per heavy atom. The van der Waals surface area contributed by atoms with Crippen LogP contribution in [0.3, 0.4) is 0 Å².